The van der Waals surface area contributed by atoms with E-state index in [4.69, 9.17) is 5.84 Å². The van der Waals surface area contributed by atoms with E-state index in [0.717, 1.165) is 30.0 Å². The number of hydrazine groups is 1. The molecular formula is C15H20N4S. The van der Waals surface area contributed by atoms with Crippen LogP contribution in [0, 0.1) is 6.92 Å². The number of nitrogens with one attached hydrogen (secondary N) is 1. The molecule has 4 nitrogen and oxygen atoms in total. The van der Waals surface area contributed by atoms with Crippen LogP contribution in [0.3, 0.4) is 0 Å². The highest BCUT2D eigenvalue weighted by Crippen LogP contribution is 2.33. The van der Waals surface area contributed by atoms with Gasteiger partial charge in [0.25, 0.3) is 0 Å². The number of aromatic nitrogens is 2. The molecule has 0 bridgehead atoms. The molecule has 5 heteroatoms. The smallest absolute Gasteiger partial charge is 0.0897 e. The lowest BCUT2D eigenvalue weighted by atomic mass is 9.81. The highest BCUT2D eigenvalue weighted by atomic mass is 32.1. The maximum absolute atomic E-state index is 5.81. The average Bonchev–Trinajstić information content (AvgIpc) is 2.89. The summed E-state index contributed by atoms with van der Waals surface area (Å²) < 4.78 is 0. The first-order chi connectivity index (χ1) is 9.78. The first kappa shape index (κ1) is 13.7. The SMILES string of the molecule is Cc1nc(CC(NN)C2CCCc3cccnc32)cs1. The Morgan fingerprint density at radius 3 is 3.20 bits per heavy atom. The van der Waals surface area contributed by atoms with Gasteiger partial charge in [-0.15, -0.1) is 11.3 Å². The number of fused-ring (bicyclic) bond motifs is 1. The number of rotatable bonds is 4. The van der Waals surface area contributed by atoms with Crippen LogP contribution in [0.25, 0.3) is 0 Å². The molecule has 0 saturated heterocycles. The summed E-state index contributed by atoms with van der Waals surface area (Å²) >= 11 is 1.69. The number of hydrogen-bond acceptors (Lipinski definition) is 5. The van der Waals surface area contributed by atoms with Crippen LogP contribution in [0.4, 0.5) is 0 Å². The van der Waals surface area contributed by atoms with Crippen LogP contribution in [0.5, 0.6) is 0 Å². The maximum Gasteiger partial charge on any atom is 0.0897 e. The second kappa shape index (κ2) is 5.99. The molecule has 2 unspecified atom stereocenters. The number of thiazole rings is 1. The van der Waals surface area contributed by atoms with Gasteiger partial charge in [-0.05, 0) is 37.8 Å². The molecule has 0 aromatic carbocycles. The maximum atomic E-state index is 5.81. The lowest BCUT2D eigenvalue weighted by Crippen LogP contribution is -2.42. The van der Waals surface area contributed by atoms with E-state index < -0.39 is 0 Å². The van der Waals surface area contributed by atoms with Gasteiger partial charge < -0.3 is 0 Å². The minimum Gasteiger partial charge on any atom is -0.271 e. The lowest BCUT2D eigenvalue weighted by Gasteiger charge is -2.30. The Kier molecular flexibility index (Phi) is 4.10. The van der Waals surface area contributed by atoms with Crippen molar-refractivity contribution in [3.8, 4) is 0 Å². The van der Waals surface area contributed by atoms with Crippen molar-refractivity contribution in [1.29, 1.82) is 0 Å². The van der Waals surface area contributed by atoms with Crippen molar-refractivity contribution in [3.05, 3.63) is 45.7 Å². The van der Waals surface area contributed by atoms with Gasteiger partial charge in [0.15, 0.2) is 0 Å². The zero-order valence-electron chi connectivity index (χ0n) is 11.7. The predicted molar refractivity (Wildman–Crippen MR) is 81.6 cm³/mol. The Balaban J connectivity index is 1.83. The number of nitrogens with zero attached hydrogens (tertiary/aromatic N) is 2. The quantitative estimate of drug-likeness (QED) is 0.669. The summed E-state index contributed by atoms with van der Waals surface area (Å²) in [6, 6.07) is 4.41. The van der Waals surface area contributed by atoms with Gasteiger partial charge in [0, 0.05) is 35.7 Å². The van der Waals surface area contributed by atoms with Crippen molar-refractivity contribution < 1.29 is 0 Å². The second-order valence-electron chi connectivity index (χ2n) is 5.38. The van der Waals surface area contributed by atoms with E-state index in [0.29, 0.717) is 5.92 Å². The molecule has 3 N–H and O–H groups in total. The molecule has 1 aliphatic carbocycles. The molecule has 0 radical (unpaired) electrons. The Bertz CT molecular complexity index is 581. The normalized spacial score (nSPS) is 19.6. The molecule has 3 rings (SSSR count). The minimum absolute atomic E-state index is 0.199. The third kappa shape index (κ3) is 2.75. The van der Waals surface area contributed by atoms with Crippen LogP contribution in [0.1, 0.15) is 40.7 Å². The molecule has 2 heterocycles. The number of nitrogens with two attached hydrogens (primary N) is 1. The summed E-state index contributed by atoms with van der Waals surface area (Å²) in [7, 11) is 0. The third-order valence-corrected chi connectivity index (χ3v) is 4.86. The van der Waals surface area contributed by atoms with Crippen LogP contribution in [-0.4, -0.2) is 16.0 Å². The van der Waals surface area contributed by atoms with E-state index in [1.807, 2.05) is 19.2 Å². The van der Waals surface area contributed by atoms with Crippen molar-refractivity contribution >= 4 is 11.3 Å². The Hall–Kier alpha value is -1.30. The molecule has 2 aromatic rings. The first-order valence-electron chi connectivity index (χ1n) is 7.09. The van der Waals surface area contributed by atoms with Crippen molar-refractivity contribution in [2.45, 2.75) is 44.6 Å². The molecule has 106 valence electrons. The topological polar surface area (TPSA) is 63.8 Å². The lowest BCUT2D eigenvalue weighted by molar-refractivity contribution is 0.385. The highest BCUT2D eigenvalue weighted by Gasteiger charge is 2.28. The fourth-order valence-electron chi connectivity index (χ4n) is 3.08. The van der Waals surface area contributed by atoms with Gasteiger partial charge in [0.1, 0.15) is 0 Å². The summed E-state index contributed by atoms with van der Waals surface area (Å²) in [6.07, 6.45) is 6.23. The zero-order valence-corrected chi connectivity index (χ0v) is 12.5. The molecule has 0 saturated carbocycles. The summed E-state index contributed by atoms with van der Waals surface area (Å²) in [5, 5.41) is 3.24. The summed E-state index contributed by atoms with van der Waals surface area (Å²) in [6.45, 7) is 2.04. The standard InChI is InChI=1S/C15H20N4S/c1-10-18-12(9-20-10)8-14(19-16)13-6-2-4-11-5-3-7-17-15(11)13/h3,5,7,9,13-14,19H,2,4,6,8,16H2,1H3. The molecule has 20 heavy (non-hydrogen) atoms. The summed E-state index contributed by atoms with van der Waals surface area (Å²) in [5.41, 5.74) is 6.71. The van der Waals surface area contributed by atoms with Crippen LogP contribution >= 0.6 is 11.3 Å². The molecule has 0 fully saturated rings. The van der Waals surface area contributed by atoms with E-state index in [2.05, 4.69) is 26.8 Å². The van der Waals surface area contributed by atoms with E-state index in [-0.39, 0.29) is 6.04 Å². The Morgan fingerprint density at radius 1 is 1.55 bits per heavy atom. The van der Waals surface area contributed by atoms with Crippen LogP contribution in [0.2, 0.25) is 0 Å². The second-order valence-corrected chi connectivity index (χ2v) is 6.44. The van der Waals surface area contributed by atoms with E-state index >= 15 is 0 Å². The van der Waals surface area contributed by atoms with Gasteiger partial charge in [-0.2, -0.15) is 0 Å². The molecule has 0 spiro atoms. The zero-order chi connectivity index (χ0) is 13.9. The van der Waals surface area contributed by atoms with E-state index in [1.54, 1.807) is 11.3 Å². The van der Waals surface area contributed by atoms with Gasteiger partial charge in [0.2, 0.25) is 0 Å². The number of hydrogen-bond donors (Lipinski definition) is 2. The van der Waals surface area contributed by atoms with Crippen molar-refractivity contribution in [2.24, 2.45) is 5.84 Å². The van der Waals surface area contributed by atoms with Crippen LogP contribution in [0.15, 0.2) is 23.7 Å². The average molecular weight is 288 g/mol. The van der Waals surface area contributed by atoms with Gasteiger partial charge in [-0.3, -0.25) is 16.3 Å². The van der Waals surface area contributed by atoms with Crippen LogP contribution < -0.4 is 11.3 Å². The van der Waals surface area contributed by atoms with Gasteiger partial charge in [0.05, 0.1) is 10.7 Å². The van der Waals surface area contributed by atoms with Gasteiger partial charge >= 0.3 is 0 Å². The van der Waals surface area contributed by atoms with E-state index in [9.17, 15) is 0 Å². The molecule has 0 amide bonds. The number of pyridine rings is 1. The van der Waals surface area contributed by atoms with Crippen LogP contribution in [-0.2, 0) is 12.8 Å². The molecule has 2 aromatic heterocycles. The highest BCUT2D eigenvalue weighted by molar-refractivity contribution is 7.09. The Labute approximate surface area is 123 Å². The van der Waals surface area contributed by atoms with Crippen molar-refractivity contribution in [3.63, 3.8) is 0 Å². The fourth-order valence-corrected chi connectivity index (χ4v) is 3.71. The monoisotopic (exact) mass is 288 g/mol. The fraction of sp³-hybridized carbons (Fsp3) is 0.467. The third-order valence-electron chi connectivity index (χ3n) is 4.03. The van der Waals surface area contributed by atoms with Crippen molar-refractivity contribution in [2.75, 3.05) is 0 Å². The predicted octanol–water partition coefficient (Wildman–Crippen LogP) is 2.34. The molecule has 2 atom stereocenters. The summed E-state index contributed by atoms with van der Waals surface area (Å²) in [4.78, 5) is 9.15. The molecule has 1 aliphatic rings. The largest absolute Gasteiger partial charge is 0.271 e. The first-order valence-corrected chi connectivity index (χ1v) is 7.97. The Morgan fingerprint density at radius 2 is 2.45 bits per heavy atom. The van der Waals surface area contributed by atoms with Crippen molar-refractivity contribution in [1.82, 2.24) is 15.4 Å². The van der Waals surface area contributed by atoms with Gasteiger partial charge in [-0.1, -0.05) is 6.07 Å². The molecule has 0 aliphatic heterocycles. The number of aryl methyl sites for hydroxylation is 2. The van der Waals surface area contributed by atoms with Gasteiger partial charge in [-0.25, -0.2) is 4.98 Å². The van der Waals surface area contributed by atoms with E-state index in [1.165, 1.54) is 17.7 Å². The molecular weight excluding hydrogens is 268 g/mol. The summed E-state index contributed by atoms with van der Waals surface area (Å²) in [5.74, 6) is 6.19. The minimum atomic E-state index is 0.199.